The van der Waals surface area contributed by atoms with Crippen LogP contribution in [0.3, 0.4) is 0 Å². The molecule has 1 aromatic rings. The van der Waals surface area contributed by atoms with Crippen molar-refractivity contribution in [2.45, 2.75) is 44.8 Å². The van der Waals surface area contributed by atoms with Gasteiger partial charge < -0.3 is 15.5 Å². The summed E-state index contributed by atoms with van der Waals surface area (Å²) in [7, 11) is 0. The Labute approximate surface area is 126 Å². The molecule has 4 heteroatoms. The monoisotopic (exact) mass is 290 g/mol. The van der Waals surface area contributed by atoms with Gasteiger partial charge in [-0.3, -0.25) is 0 Å². The van der Waals surface area contributed by atoms with E-state index in [-0.39, 0.29) is 0 Å². The smallest absolute Gasteiger partial charge is 0.166 e. The zero-order valence-electron chi connectivity index (χ0n) is 12.0. The van der Waals surface area contributed by atoms with Crippen molar-refractivity contribution >= 4 is 17.3 Å². The first-order valence-electron chi connectivity index (χ1n) is 7.75. The van der Waals surface area contributed by atoms with Gasteiger partial charge in [-0.05, 0) is 30.6 Å². The Hall–Kier alpha value is -1.13. The van der Waals surface area contributed by atoms with E-state index < -0.39 is 0 Å². The van der Waals surface area contributed by atoms with Crippen molar-refractivity contribution in [2.24, 2.45) is 0 Å². The average molecular weight is 290 g/mol. The molecule has 0 aromatic heterocycles. The van der Waals surface area contributed by atoms with Crippen molar-refractivity contribution in [1.29, 1.82) is 0 Å². The van der Waals surface area contributed by atoms with Crippen LogP contribution in [0.25, 0.3) is 0 Å². The lowest BCUT2D eigenvalue weighted by Crippen LogP contribution is -3.08. The van der Waals surface area contributed by atoms with E-state index in [1.54, 1.807) is 4.90 Å². The van der Waals surface area contributed by atoms with E-state index in [0.29, 0.717) is 6.04 Å². The highest BCUT2D eigenvalue weighted by Crippen LogP contribution is 2.18. The maximum absolute atomic E-state index is 5.27. The fraction of sp³-hybridized carbons (Fsp3) is 0.562. The number of nitrogens with one attached hydrogen (secondary N) is 3. The van der Waals surface area contributed by atoms with Gasteiger partial charge in [-0.2, -0.15) is 0 Å². The van der Waals surface area contributed by atoms with Gasteiger partial charge in [0.2, 0.25) is 0 Å². The molecule has 3 rings (SSSR count). The van der Waals surface area contributed by atoms with E-state index in [4.69, 9.17) is 12.2 Å². The minimum atomic E-state index is 0.626. The number of hydrogen-bond donors (Lipinski definition) is 3. The van der Waals surface area contributed by atoms with Crippen LogP contribution in [-0.2, 0) is 13.1 Å². The first-order valence-corrected chi connectivity index (χ1v) is 8.16. The standard InChI is InChI=1S/C16H23N3S/c20-16(18-15-7-8-15)17-11-13-3-5-14(6-4-13)12-19-9-1-2-10-19/h3-6,15H,1-2,7-12H2,(H2,17,18,20)/p+1. The van der Waals surface area contributed by atoms with Gasteiger partial charge in [-0.1, -0.05) is 24.3 Å². The molecule has 1 saturated carbocycles. The van der Waals surface area contributed by atoms with Crippen LogP contribution < -0.4 is 15.5 Å². The largest absolute Gasteiger partial charge is 0.360 e. The van der Waals surface area contributed by atoms with Crippen LogP contribution in [0, 0.1) is 0 Å². The quantitative estimate of drug-likeness (QED) is 0.707. The molecule has 108 valence electrons. The summed E-state index contributed by atoms with van der Waals surface area (Å²) in [6.07, 6.45) is 5.30. The molecule has 20 heavy (non-hydrogen) atoms. The molecule has 0 spiro atoms. The van der Waals surface area contributed by atoms with Gasteiger partial charge in [0.25, 0.3) is 0 Å². The van der Waals surface area contributed by atoms with Gasteiger partial charge in [0.05, 0.1) is 13.1 Å². The van der Waals surface area contributed by atoms with E-state index in [1.165, 1.54) is 56.4 Å². The maximum Gasteiger partial charge on any atom is 0.166 e. The molecule has 1 aromatic carbocycles. The van der Waals surface area contributed by atoms with Gasteiger partial charge >= 0.3 is 0 Å². The van der Waals surface area contributed by atoms with Gasteiger partial charge in [0, 0.05) is 31.0 Å². The lowest BCUT2D eigenvalue weighted by atomic mass is 10.1. The fourth-order valence-electron chi connectivity index (χ4n) is 2.76. The van der Waals surface area contributed by atoms with Crippen molar-refractivity contribution < 1.29 is 4.90 Å². The minimum absolute atomic E-state index is 0.626. The summed E-state index contributed by atoms with van der Waals surface area (Å²) in [6.45, 7) is 4.67. The summed E-state index contributed by atoms with van der Waals surface area (Å²) in [4.78, 5) is 1.73. The Morgan fingerprint density at radius 3 is 2.40 bits per heavy atom. The van der Waals surface area contributed by atoms with Crippen LogP contribution in [0.15, 0.2) is 24.3 Å². The SMILES string of the molecule is S=C(NCc1ccc(C[NH+]2CCCC2)cc1)NC1CC1. The zero-order chi connectivity index (χ0) is 13.8. The molecule has 0 amide bonds. The van der Waals surface area contributed by atoms with E-state index in [1.807, 2.05) is 0 Å². The maximum atomic E-state index is 5.27. The highest BCUT2D eigenvalue weighted by molar-refractivity contribution is 7.80. The van der Waals surface area contributed by atoms with Gasteiger partial charge in [-0.15, -0.1) is 0 Å². The molecule has 2 fully saturated rings. The van der Waals surface area contributed by atoms with Crippen molar-refractivity contribution in [1.82, 2.24) is 10.6 Å². The van der Waals surface area contributed by atoms with Crippen molar-refractivity contribution in [3.05, 3.63) is 35.4 Å². The number of benzene rings is 1. The normalized spacial score (nSPS) is 19.0. The third-order valence-electron chi connectivity index (χ3n) is 4.15. The van der Waals surface area contributed by atoms with E-state index in [2.05, 4.69) is 34.9 Å². The van der Waals surface area contributed by atoms with Crippen molar-refractivity contribution in [3.8, 4) is 0 Å². The van der Waals surface area contributed by atoms with Crippen LogP contribution in [-0.4, -0.2) is 24.2 Å². The molecule has 0 unspecified atom stereocenters. The average Bonchev–Trinajstić information content (AvgIpc) is 3.12. The fourth-order valence-corrected chi connectivity index (χ4v) is 3.00. The van der Waals surface area contributed by atoms with E-state index in [9.17, 15) is 0 Å². The Bertz CT molecular complexity index is 447. The Balaban J connectivity index is 1.44. The summed E-state index contributed by atoms with van der Waals surface area (Å²) in [6, 6.07) is 9.59. The molecule has 1 aliphatic carbocycles. The second kappa shape index (κ2) is 6.55. The third kappa shape index (κ3) is 4.18. The summed E-state index contributed by atoms with van der Waals surface area (Å²) >= 11 is 5.27. The summed E-state index contributed by atoms with van der Waals surface area (Å²) in [5.74, 6) is 0. The summed E-state index contributed by atoms with van der Waals surface area (Å²) < 4.78 is 0. The highest BCUT2D eigenvalue weighted by Gasteiger charge is 2.21. The zero-order valence-corrected chi connectivity index (χ0v) is 12.8. The number of rotatable bonds is 5. The van der Waals surface area contributed by atoms with Gasteiger partial charge in [0.15, 0.2) is 5.11 Å². The molecule has 2 aliphatic rings. The Kier molecular flexibility index (Phi) is 4.53. The number of thiocarbonyl (C=S) groups is 1. The summed E-state index contributed by atoms with van der Waals surface area (Å²) in [5.41, 5.74) is 2.74. The van der Waals surface area contributed by atoms with Crippen molar-refractivity contribution in [3.63, 3.8) is 0 Å². The van der Waals surface area contributed by atoms with Gasteiger partial charge in [0.1, 0.15) is 6.54 Å². The number of quaternary nitrogens is 1. The predicted molar refractivity (Wildman–Crippen MR) is 85.7 cm³/mol. The second-order valence-corrected chi connectivity index (χ2v) is 6.46. The van der Waals surface area contributed by atoms with Crippen LogP contribution in [0.2, 0.25) is 0 Å². The molecule has 0 atom stereocenters. The summed E-state index contributed by atoms with van der Waals surface area (Å²) in [5, 5.41) is 7.37. The molecule has 1 heterocycles. The molecule has 3 nitrogen and oxygen atoms in total. The molecule has 1 saturated heterocycles. The molecule has 3 N–H and O–H groups in total. The molecular weight excluding hydrogens is 266 g/mol. The van der Waals surface area contributed by atoms with Crippen LogP contribution in [0.4, 0.5) is 0 Å². The first kappa shape index (κ1) is 13.8. The Morgan fingerprint density at radius 2 is 1.75 bits per heavy atom. The van der Waals surface area contributed by atoms with Crippen molar-refractivity contribution in [2.75, 3.05) is 13.1 Å². The number of hydrogen-bond acceptors (Lipinski definition) is 1. The van der Waals surface area contributed by atoms with Gasteiger partial charge in [-0.25, -0.2) is 0 Å². The lowest BCUT2D eigenvalue weighted by Gasteiger charge is -2.13. The second-order valence-electron chi connectivity index (χ2n) is 6.05. The van der Waals surface area contributed by atoms with Crippen LogP contribution in [0.1, 0.15) is 36.8 Å². The van der Waals surface area contributed by atoms with Crippen LogP contribution in [0.5, 0.6) is 0 Å². The molecule has 0 radical (unpaired) electrons. The van der Waals surface area contributed by atoms with Crippen LogP contribution >= 0.6 is 12.2 Å². The first-order chi connectivity index (χ1) is 9.79. The highest BCUT2D eigenvalue weighted by atomic mass is 32.1. The topological polar surface area (TPSA) is 28.5 Å². The van der Waals surface area contributed by atoms with E-state index in [0.717, 1.165) is 11.7 Å². The molecule has 1 aliphatic heterocycles. The molecular formula is C16H24N3S+. The third-order valence-corrected chi connectivity index (χ3v) is 4.42. The minimum Gasteiger partial charge on any atom is -0.360 e. The Morgan fingerprint density at radius 1 is 1.10 bits per heavy atom. The predicted octanol–water partition coefficient (Wildman–Crippen LogP) is 0.992. The molecule has 0 bridgehead atoms. The number of likely N-dealkylation sites (tertiary alicyclic amines) is 1. The van der Waals surface area contributed by atoms with E-state index >= 15 is 0 Å². The lowest BCUT2D eigenvalue weighted by molar-refractivity contribution is -0.901.